The molecule has 0 saturated carbocycles. The molecule has 2 rings (SSSR count). The zero-order valence-electron chi connectivity index (χ0n) is 9.76. The van der Waals surface area contributed by atoms with Crippen molar-refractivity contribution < 1.29 is 9.47 Å². The second kappa shape index (κ2) is 5.13. The van der Waals surface area contributed by atoms with Crippen LogP contribution >= 0.6 is 0 Å². The van der Waals surface area contributed by atoms with Gasteiger partial charge >= 0.3 is 0 Å². The zero-order chi connectivity index (χ0) is 10.6. The molecule has 0 aromatic carbocycles. The largest absolute Gasteiger partial charge is 0.348 e. The monoisotopic (exact) mass is 210 g/mol. The molecule has 2 nitrogen and oxygen atoms in total. The van der Waals surface area contributed by atoms with E-state index < -0.39 is 0 Å². The molecule has 0 aromatic rings. The van der Waals surface area contributed by atoms with Crippen molar-refractivity contribution >= 4 is 0 Å². The molecule has 0 bridgehead atoms. The first-order valence-corrected chi connectivity index (χ1v) is 6.24. The zero-order valence-corrected chi connectivity index (χ0v) is 9.76. The highest BCUT2D eigenvalue weighted by molar-refractivity contribution is 5.04. The Kier molecular flexibility index (Phi) is 3.81. The molecule has 1 saturated heterocycles. The van der Waals surface area contributed by atoms with Crippen LogP contribution in [0, 0.1) is 0 Å². The smallest absolute Gasteiger partial charge is 0.166 e. The Hall–Kier alpha value is -0.340. The second-order valence-electron chi connectivity index (χ2n) is 4.79. The fraction of sp³-hybridized carbons (Fsp3) is 0.846. The molecular formula is C13H22O2. The van der Waals surface area contributed by atoms with Crippen molar-refractivity contribution in [3.05, 3.63) is 11.6 Å². The van der Waals surface area contributed by atoms with E-state index in [-0.39, 0.29) is 5.79 Å². The Morgan fingerprint density at radius 2 is 2.00 bits per heavy atom. The summed E-state index contributed by atoms with van der Waals surface area (Å²) in [5, 5.41) is 0. The van der Waals surface area contributed by atoms with Gasteiger partial charge in [0.2, 0.25) is 0 Å². The molecule has 1 heterocycles. The quantitative estimate of drug-likeness (QED) is 0.664. The van der Waals surface area contributed by atoms with Crippen molar-refractivity contribution in [2.75, 3.05) is 13.2 Å². The topological polar surface area (TPSA) is 18.5 Å². The van der Waals surface area contributed by atoms with Crippen molar-refractivity contribution in [1.29, 1.82) is 0 Å². The molecule has 1 aliphatic heterocycles. The fourth-order valence-corrected chi connectivity index (χ4v) is 2.40. The molecule has 0 amide bonds. The van der Waals surface area contributed by atoms with E-state index in [9.17, 15) is 0 Å². The summed E-state index contributed by atoms with van der Waals surface area (Å²) < 4.78 is 11.2. The lowest BCUT2D eigenvalue weighted by Crippen LogP contribution is -2.25. The van der Waals surface area contributed by atoms with Crippen LogP contribution in [0.1, 0.15) is 51.9 Å². The van der Waals surface area contributed by atoms with Gasteiger partial charge in [0.1, 0.15) is 0 Å². The Bertz CT molecular complexity index is 227. The molecule has 86 valence electrons. The summed E-state index contributed by atoms with van der Waals surface area (Å²) >= 11 is 0. The number of ether oxygens (including phenoxy) is 2. The predicted octanol–water partition coefficient (Wildman–Crippen LogP) is 3.42. The maximum absolute atomic E-state index is 5.61. The van der Waals surface area contributed by atoms with E-state index in [1.165, 1.54) is 32.1 Å². The summed E-state index contributed by atoms with van der Waals surface area (Å²) in [6, 6.07) is 0. The molecule has 0 spiro atoms. The summed E-state index contributed by atoms with van der Waals surface area (Å²) in [5.41, 5.74) is 1.62. The van der Waals surface area contributed by atoms with Gasteiger partial charge in [-0.05, 0) is 39.0 Å². The van der Waals surface area contributed by atoms with Gasteiger partial charge in [-0.3, -0.25) is 0 Å². The minimum absolute atomic E-state index is 0.298. The van der Waals surface area contributed by atoms with Gasteiger partial charge in [-0.15, -0.1) is 0 Å². The number of hydrogen-bond donors (Lipinski definition) is 0. The Labute approximate surface area is 92.6 Å². The second-order valence-corrected chi connectivity index (χ2v) is 4.79. The third-order valence-corrected chi connectivity index (χ3v) is 3.43. The lowest BCUT2D eigenvalue weighted by Gasteiger charge is -2.22. The van der Waals surface area contributed by atoms with Gasteiger partial charge in [0.15, 0.2) is 5.79 Å². The summed E-state index contributed by atoms with van der Waals surface area (Å²) in [7, 11) is 0. The summed E-state index contributed by atoms with van der Waals surface area (Å²) in [6.45, 7) is 3.59. The molecule has 0 radical (unpaired) electrons. The first-order chi connectivity index (χ1) is 7.29. The average molecular weight is 210 g/mol. The van der Waals surface area contributed by atoms with Crippen LogP contribution in [-0.4, -0.2) is 19.0 Å². The highest BCUT2D eigenvalue weighted by atomic mass is 16.7. The van der Waals surface area contributed by atoms with Crippen LogP contribution in [-0.2, 0) is 9.47 Å². The maximum Gasteiger partial charge on any atom is 0.166 e. The summed E-state index contributed by atoms with van der Waals surface area (Å²) in [6.07, 6.45) is 11.3. The van der Waals surface area contributed by atoms with E-state index in [1.54, 1.807) is 5.57 Å². The van der Waals surface area contributed by atoms with Crippen molar-refractivity contribution in [1.82, 2.24) is 0 Å². The number of rotatable bonds is 3. The van der Waals surface area contributed by atoms with Crippen molar-refractivity contribution in [3.63, 3.8) is 0 Å². The van der Waals surface area contributed by atoms with Crippen LogP contribution in [0.15, 0.2) is 11.6 Å². The standard InChI is InChI=1S/C13H22O2/c1-13(14-10-11-15-13)9-8-12-6-4-2-3-5-7-12/h6H,2-5,7-11H2,1H3. The minimum atomic E-state index is -0.298. The molecular weight excluding hydrogens is 188 g/mol. The third-order valence-electron chi connectivity index (χ3n) is 3.43. The van der Waals surface area contributed by atoms with Gasteiger partial charge in [0, 0.05) is 6.42 Å². The van der Waals surface area contributed by atoms with Gasteiger partial charge in [0.05, 0.1) is 13.2 Å². The highest BCUT2D eigenvalue weighted by Crippen LogP contribution is 2.28. The van der Waals surface area contributed by atoms with E-state index in [2.05, 4.69) is 13.0 Å². The van der Waals surface area contributed by atoms with Crippen molar-refractivity contribution in [3.8, 4) is 0 Å². The van der Waals surface area contributed by atoms with E-state index in [4.69, 9.17) is 9.47 Å². The molecule has 0 unspecified atom stereocenters. The Balaban J connectivity index is 1.78. The molecule has 2 heteroatoms. The van der Waals surface area contributed by atoms with E-state index in [0.29, 0.717) is 0 Å². The van der Waals surface area contributed by atoms with Gasteiger partial charge in [-0.1, -0.05) is 18.1 Å². The van der Waals surface area contributed by atoms with Crippen LogP contribution in [0.25, 0.3) is 0 Å². The van der Waals surface area contributed by atoms with Crippen molar-refractivity contribution in [2.24, 2.45) is 0 Å². The van der Waals surface area contributed by atoms with Crippen molar-refractivity contribution in [2.45, 2.75) is 57.7 Å². The van der Waals surface area contributed by atoms with Gasteiger partial charge in [-0.2, -0.15) is 0 Å². The lowest BCUT2D eigenvalue weighted by molar-refractivity contribution is -0.146. The molecule has 2 aliphatic rings. The highest BCUT2D eigenvalue weighted by Gasteiger charge is 2.30. The average Bonchev–Trinajstić information content (AvgIpc) is 2.53. The van der Waals surface area contributed by atoms with E-state index in [1.807, 2.05) is 0 Å². The Morgan fingerprint density at radius 3 is 2.80 bits per heavy atom. The van der Waals surface area contributed by atoms with Crippen LogP contribution in [0.5, 0.6) is 0 Å². The molecule has 0 N–H and O–H groups in total. The van der Waals surface area contributed by atoms with Gasteiger partial charge < -0.3 is 9.47 Å². The lowest BCUT2D eigenvalue weighted by atomic mass is 10.0. The normalized spacial score (nSPS) is 26.1. The SMILES string of the molecule is CC1(CCC2=CCCCCC2)OCCO1. The van der Waals surface area contributed by atoms with E-state index >= 15 is 0 Å². The summed E-state index contributed by atoms with van der Waals surface area (Å²) in [4.78, 5) is 0. The van der Waals surface area contributed by atoms with E-state index in [0.717, 1.165) is 26.1 Å². The fourth-order valence-electron chi connectivity index (χ4n) is 2.40. The van der Waals surface area contributed by atoms with Crippen LogP contribution in [0.2, 0.25) is 0 Å². The molecule has 0 atom stereocenters. The van der Waals surface area contributed by atoms with Crippen LogP contribution < -0.4 is 0 Å². The minimum Gasteiger partial charge on any atom is -0.348 e. The predicted molar refractivity (Wildman–Crippen MR) is 60.7 cm³/mol. The van der Waals surface area contributed by atoms with Crippen LogP contribution in [0.4, 0.5) is 0 Å². The molecule has 0 aromatic heterocycles. The van der Waals surface area contributed by atoms with Gasteiger partial charge in [-0.25, -0.2) is 0 Å². The van der Waals surface area contributed by atoms with Crippen LogP contribution in [0.3, 0.4) is 0 Å². The molecule has 1 aliphatic carbocycles. The molecule has 1 fully saturated rings. The van der Waals surface area contributed by atoms with Gasteiger partial charge in [0.25, 0.3) is 0 Å². The third kappa shape index (κ3) is 3.32. The maximum atomic E-state index is 5.61. The number of allylic oxidation sites excluding steroid dienone is 2. The number of hydrogen-bond acceptors (Lipinski definition) is 2. The Morgan fingerprint density at radius 1 is 1.20 bits per heavy atom. The summed E-state index contributed by atoms with van der Waals surface area (Å²) in [5.74, 6) is -0.298. The molecule has 15 heavy (non-hydrogen) atoms. The first kappa shape index (κ1) is 11.2. The first-order valence-electron chi connectivity index (χ1n) is 6.24.